The van der Waals surface area contributed by atoms with Crippen molar-refractivity contribution in [3.8, 4) is 11.5 Å². The first-order chi connectivity index (χ1) is 12.8. The summed E-state index contributed by atoms with van der Waals surface area (Å²) in [7, 11) is 2.81. The van der Waals surface area contributed by atoms with Crippen molar-refractivity contribution in [3.05, 3.63) is 57.1 Å². The lowest BCUT2D eigenvalue weighted by Crippen LogP contribution is -2.21. The fourth-order valence-electron chi connectivity index (χ4n) is 2.13. The Balaban J connectivity index is 2.06. The van der Waals surface area contributed by atoms with Crippen molar-refractivity contribution in [2.75, 3.05) is 26.1 Å². The standard InChI is InChI=1S/C17H15ClN2O7/c1-25-11-4-6-15(26-2)12(8-11)17(22)27-9-16(21)19-13-5-3-10(18)7-14(13)20(23)24/h3-8H,9H2,1-2H3,(H,19,21). The van der Waals surface area contributed by atoms with Crippen LogP contribution in [-0.4, -0.2) is 37.6 Å². The molecule has 0 spiro atoms. The van der Waals surface area contributed by atoms with Gasteiger partial charge >= 0.3 is 5.97 Å². The number of nitrogens with one attached hydrogen (secondary N) is 1. The second kappa shape index (κ2) is 8.86. The van der Waals surface area contributed by atoms with Gasteiger partial charge in [-0.2, -0.15) is 0 Å². The van der Waals surface area contributed by atoms with E-state index in [4.69, 9.17) is 25.8 Å². The normalized spacial score (nSPS) is 10.0. The van der Waals surface area contributed by atoms with Gasteiger partial charge in [-0.15, -0.1) is 0 Å². The molecule has 0 radical (unpaired) electrons. The molecule has 1 N–H and O–H groups in total. The van der Waals surface area contributed by atoms with Crippen LogP contribution in [0.4, 0.5) is 11.4 Å². The predicted molar refractivity (Wildman–Crippen MR) is 96.6 cm³/mol. The SMILES string of the molecule is COc1ccc(OC)c(C(=O)OCC(=O)Nc2ccc(Cl)cc2[N+](=O)[O-])c1. The summed E-state index contributed by atoms with van der Waals surface area (Å²) in [6, 6.07) is 8.30. The van der Waals surface area contributed by atoms with E-state index in [1.54, 1.807) is 6.07 Å². The van der Waals surface area contributed by atoms with Crippen molar-refractivity contribution in [3.63, 3.8) is 0 Å². The molecule has 27 heavy (non-hydrogen) atoms. The van der Waals surface area contributed by atoms with E-state index in [2.05, 4.69) is 5.32 Å². The van der Waals surface area contributed by atoms with Crippen LogP contribution in [0.5, 0.6) is 11.5 Å². The first-order valence-electron chi connectivity index (χ1n) is 7.48. The Kier molecular flexibility index (Phi) is 6.56. The molecule has 0 aromatic heterocycles. The molecule has 9 nitrogen and oxygen atoms in total. The predicted octanol–water partition coefficient (Wildman–Crippen LogP) is 3.06. The third kappa shape index (κ3) is 5.08. The smallest absolute Gasteiger partial charge is 0.342 e. The van der Waals surface area contributed by atoms with Crippen LogP contribution in [0.25, 0.3) is 0 Å². The van der Waals surface area contributed by atoms with Crippen LogP contribution in [0, 0.1) is 10.1 Å². The van der Waals surface area contributed by atoms with E-state index in [9.17, 15) is 19.7 Å². The number of amides is 1. The molecule has 0 unspecified atom stereocenters. The molecule has 2 rings (SSSR count). The quantitative estimate of drug-likeness (QED) is 0.435. The zero-order chi connectivity index (χ0) is 20.0. The van der Waals surface area contributed by atoms with Crippen molar-refractivity contribution in [1.82, 2.24) is 0 Å². The molecule has 0 atom stereocenters. The molecular weight excluding hydrogens is 380 g/mol. The number of rotatable bonds is 7. The number of nitro benzene ring substituents is 1. The van der Waals surface area contributed by atoms with Crippen molar-refractivity contribution in [1.29, 1.82) is 0 Å². The van der Waals surface area contributed by atoms with Gasteiger partial charge in [-0.1, -0.05) is 11.6 Å². The molecule has 0 aliphatic heterocycles. The second-order valence-corrected chi connectivity index (χ2v) is 5.55. The molecule has 0 aliphatic carbocycles. The van der Waals surface area contributed by atoms with Crippen LogP contribution < -0.4 is 14.8 Å². The maximum atomic E-state index is 12.2. The number of benzene rings is 2. The molecule has 1 amide bonds. The van der Waals surface area contributed by atoms with E-state index in [1.807, 2.05) is 0 Å². The van der Waals surface area contributed by atoms with Gasteiger partial charge < -0.3 is 19.5 Å². The van der Waals surface area contributed by atoms with Crippen molar-refractivity contribution < 1.29 is 28.7 Å². The third-order valence-corrected chi connectivity index (χ3v) is 3.63. The molecule has 2 aromatic rings. The molecule has 0 fully saturated rings. The van der Waals surface area contributed by atoms with Crippen LogP contribution in [0.2, 0.25) is 5.02 Å². The minimum Gasteiger partial charge on any atom is -0.497 e. The summed E-state index contributed by atoms with van der Waals surface area (Å²) in [4.78, 5) is 34.5. The zero-order valence-electron chi connectivity index (χ0n) is 14.4. The Hall–Kier alpha value is -3.33. The maximum Gasteiger partial charge on any atom is 0.342 e. The van der Waals surface area contributed by atoms with Gasteiger partial charge in [-0.25, -0.2) is 4.79 Å². The van der Waals surface area contributed by atoms with Gasteiger partial charge in [0.05, 0.1) is 19.1 Å². The number of carbonyl (C=O) groups is 2. The van der Waals surface area contributed by atoms with Crippen LogP contribution in [0.1, 0.15) is 10.4 Å². The molecule has 10 heteroatoms. The van der Waals surface area contributed by atoms with Crippen LogP contribution in [0.15, 0.2) is 36.4 Å². The lowest BCUT2D eigenvalue weighted by atomic mass is 10.2. The Bertz CT molecular complexity index is 886. The van der Waals surface area contributed by atoms with E-state index in [1.165, 1.54) is 38.5 Å². The Morgan fingerprint density at radius 2 is 1.89 bits per heavy atom. The van der Waals surface area contributed by atoms with E-state index in [0.717, 1.165) is 6.07 Å². The number of hydrogen-bond acceptors (Lipinski definition) is 7. The highest BCUT2D eigenvalue weighted by Gasteiger charge is 2.19. The van der Waals surface area contributed by atoms with E-state index in [0.29, 0.717) is 5.75 Å². The highest BCUT2D eigenvalue weighted by atomic mass is 35.5. The van der Waals surface area contributed by atoms with E-state index < -0.39 is 23.4 Å². The van der Waals surface area contributed by atoms with Crippen molar-refractivity contribution in [2.45, 2.75) is 0 Å². The lowest BCUT2D eigenvalue weighted by molar-refractivity contribution is -0.383. The van der Waals surface area contributed by atoms with Gasteiger partial charge in [0, 0.05) is 11.1 Å². The number of nitro groups is 1. The minimum absolute atomic E-state index is 0.0654. The second-order valence-electron chi connectivity index (χ2n) is 5.11. The number of esters is 1. The first kappa shape index (κ1) is 20.0. The minimum atomic E-state index is -0.813. The number of ether oxygens (including phenoxy) is 3. The number of anilines is 1. The molecule has 0 aliphatic rings. The zero-order valence-corrected chi connectivity index (χ0v) is 15.1. The van der Waals surface area contributed by atoms with Crippen LogP contribution >= 0.6 is 11.6 Å². The Morgan fingerprint density at radius 3 is 2.52 bits per heavy atom. The van der Waals surface area contributed by atoms with Gasteiger partial charge in [0.2, 0.25) is 0 Å². The molecule has 142 valence electrons. The molecule has 2 aromatic carbocycles. The van der Waals surface area contributed by atoms with Crippen LogP contribution in [-0.2, 0) is 9.53 Å². The van der Waals surface area contributed by atoms with E-state index >= 15 is 0 Å². The third-order valence-electron chi connectivity index (χ3n) is 3.39. The maximum absolute atomic E-state index is 12.2. The Labute approximate surface area is 158 Å². The van der Waals surface area contributed by atoms with Gasteiger partial charge in [-0.3, -0.25) is 14.9 Å². The summed E-state index contributed by atoms with van der Waals surface area (Å²) < 4.78 is 15.1. The summed E-state index contributed by atoms with van der Waals surface area (Å²) in [5, 5.41) is 13.5. The summed E-state index contributed by atoms with van der Waals surface area (Å²) in [5.41, 5.74) is -0.372. The van der Waals surface area contributed by atoms with Gasteiger partial charge in [0.15, 0.2) is 6.61 Å². The molecule has 0 bridgehead atoms. The van der Waals surface area contributed by atoms with Gasteiger partial charge in [0.25, 0.3) is 11.6 Å². The largest absolute Gasteiger partial charge is 0.497 e. The molecule has 0 saturated carbocycles. The molecule has 0 saturated heterocycles. The number of methoxy groups -OCH3 is 2. The number of carbonyl (C=O) groups excluding carboxylic acids is 2. The highest BCUT2D eigenvalue weighted by Crippen LogP contribution is 2.28. The topological polar surface area (TPSA) is 117 Å². The fraction of sp³-hybridized carbons (Fsp3) is 0.176. The summed E-state index contributed by atoms with van der Waals surface area (Å²) >= 11 is 5.71. The summed E-state index contributed by atoms with van der Waals surface area (Å²) in [6.07, 6.45) is 0. The van der Waals surface area contributed by atoms with E-state index in [-0.39, 0.29) is 27.7 Å². The van der Waals surface area contributed by atoms with Crippen LogP contribution in [0.3, 0.4) is 0 Å². The average molecular weight is 395 g/mol. The number of halogens is 1. The highest BCUT2D eigenvalue weighted by molar-refractivity contribution is 6.31. The first-order valence-corrected chi connectivity index (χ1v) is 7.86. The van der Waals surface area contributed by atoms with Gasteiger partial charge in [0.1, 0.15) is 22.7 Å². The molecular formula is C17H15ClN2O7. The van der Waals surface area contributed by atoms with Crippen molar-refractivity contribution >= 4 is 34.9 Å². The fourth-order valence-corrected chi connectivity index (χ4v) is 2.30. The van der Waals surface area contributed by atoms with Crippen molar-refractivity contribution in [2.24, 2.45) is 0 Å². The number of nitrogens with zero attached hydrogens (tertiary/aromatic N) is 1. The Morgan fingerprint density at radius 1 is 1.15 bits per heavy atom. The lowest BCUT2D eigenvalue weighted by Gasteiger charge is -2.10. The monoisotopic (exact) mass is 394 g/mol. The average Bonchev–Trinajstić information content (AvgIpc) is 2.66. The summed E-state index contributed by atoms with van der Waals surface area (Å²) in [6.45, 7) is -0.654. The summed E-state index contributed by atoms with van der Waals surface area (Å²) in [5.74, 6) is -0.916. The van der Waals surface area contributed by atoms with Gasteiger partial charge in [-0.05, 0) is 30.3 Å². The molecule has 0 heterocycles. The number of hydrogen-bond donors (Lipinski definition) is 1.